The molecule has 0 saturated heterocycles. The predicted octanol–water partition coefficient (Wildman–Crippen LogP) is 2.06. The van der Waals surface area contributed by atoms with Crippen LogP contribution in [-0.4, -0.2) is 28.4 Å². The first-order valence-electron chi connectivity index (χ1n) is 8.23. The van der Waals surface area contributed by atoms with E-state index in [-0.39, 0.29) is 16.4 Å². The lowest BCUT2D eigenvalue weighted by atomic mass is 10.2. The van der Waals surface area contributed by atoms with Gasteiger partial charge in [0.15, 0.2) is 0 Å². The van der Waals surface area contributed by atoms with Gasteiger partial charge in [-0.15, -0.1) is 0 Å². The van der Waals surface area contributed by atoms with Crippen molar-refractivity contribution in [1.82, 2.24) is 19.9 Å². The molecule has 2 heterocycles. The summed E-state index contributed by atoms with van der Waals surface area (Å²) in [6.07, 6.45) is 4.46. The third kappa shape index (κ3) is 4.88. The second-order valence-corrected chi connectivity index (χ2v) is 7.35. The Labute approximate surface area is 156 Å². The van der Waals surface area contributed by atoms with Crippen LogP contribution < -0.4 is 15.6 Å². The Morgan fingerprint density at radius 1 is 1.11 bits per heavy atom. The zero-order valence-electron chi connectivity index (χ0n) is 14.5. The molecule has 0 atom stereocenters. The fraction of sp³-hybridized carbons (Fsp3) is 0.176. The van der Waals surface area contributed by atoms with Crippen molar-refractivity contribution in [1.29, 1.82) is 0 Å². The van der Waals surface area contributed by atoms with Crippen LogP contribution in [0.5, 0.6) is 0 Å². The van der Waals surface area contributed by atoms with E-state index in [1.807, 2.05) is 6.92 Å². The normalized spacial score (nSPS) is 11.1. The molecule has 0 fully saturated rings. The van der Waals surface area contributed by atoms with E-state index in [0.717, 1.165) is 6.42 Å². The molecule has 3 rings (SSSR count). The van der Waals surface area contributed by atoms with Gasteiger partial charge in [-0.05, 0) is 36.8 Å². The standard InChI is InChI=1S/C17H18N6O3S/c1-2-4-13-11-15(24)22-17(21-13)20-12-5-7-14(8-6-12)27(25,26)23-16-18-9-3-10-19-16/h3,5-11H,2,4H2,1H3,(H,18,19,23)(H2,20,21,22,24). The third-order valence-electron chi connectivity index (χ3n) is 3.52. The van der Waals surface area contributed by atoms with E-state index < -0.39 is 10.0 Å². The van der Waals surface area contributed by atoms with Crippen molar-refractivity contribution < 1.29 is 8.42 Å². The number of sulfonamides is 1. The maximum atomic E-state index is 12.4. The van der Waals surface area contributed by atoms with Gasteiger partial charge in [-0.25, -0.2) is 28.1 Å². The first-order valence-corrected chi connectivity index (χ1v) is 9.72. The van der Waals surface area contributed by atoms with E-state index in [1.165, 1.54) is 30.6 Å². The van der Waals surface area contributed by atoms with Gasteiger partial charge in [0.1, 0.15) is 0 Å². The largest absolute Gasteiger partial charge is 0.326 e. The quantitative estimate of drug-likeness (QED) is 0.566. The van der Waals surface area contributed by atoms with Crippen molar-refractivity contribution in [3.8, 4) is 0 Å². The highest BCUT2D eigenvalue weighted by Crippen LogP contribution is 2.18. The Bertz CT molecular complexity index is 1070. The number of anilines is 3. The number of rotatable bonds is 7. The van der Waals surface area contributed by atoms with Gasteiger partial charge in [0, 0.05) is 29.8 Å². The number of aromatic amines is 1. The van der Waals surface area contributed by atoms with E-state index in [0.29, 0.717) is 23.8 Å². The number of nitrogens with zero attached hydrogens (tertiary/aromatic N) is 3. The first kappa shape index (κ1) is 18.5. The van der Waals surface area contributed by atoms with Gasteiger partial charge in [0.05, 0.1) is 4.90 Å². The zero-order chi connectivity index (χ0) is 19.3. The molecule has 0 bridgehead atoms. The first-order chi connectivity index (χ1) is 13.0. The fourth-order valence-corrected chi connectivity index (χ4v) is 3.29. The number of H-pyrrole nitrogens is 1. The molecule has 27 heavy (non-hydrogen) atoms. The summed E-state index contributed by atoms with van der Waals surface area (Å²) in [5.41, 5.74) is 1.03. The number of aryl methyl sites for hydroxylation is 1. The second-order valence-electron chi connectivity index (χ2n) is 5.66. The Hall–Kier alpha value is -3.27. The lowest BCUT2D eigenvalue weighted by Gasteiger charge is -2.09. The average molecular weight is 386 g/mol. The summed E-state index contributed by atoms with van der Waals surface area (Å²) >= 11 is 0. The van der Waals surface area contributed by atoms with Gasteiger partial charge in [-0.1, -0.05) is 13.3 Å². The van der Waals surface area contributed by atoms with Crippen molar-refractivity contribution in [2.45, 2.75) is 24.7 Å². The van der Waals surface area contributed by atoms with Crippen LogP contribution in [0, 0.1) is 0 Å². The van der Waals surface area contributed by atoms with E-state index in [1.54, 1.807) is 18.2 Å². The molecule has 0 aliphatic heterocycles. The molecule has 0 amide bonds. The number of hydrogen-bond donors (Lipinski definition) is 3. The van der Waals surface area contributed by atoms with Gasteiger partial charge in [-0.3, -0.25) is 9.78 Å². The smallest absolute Gasteiger partial charge is 0.264 e. The molecule has 0 saturated carbocycles. The summed E-state index contributed by atoms with van der Waals surface area (Å²) in [6.45, 7) is 2.00. The van der Waals surface area contributed by atoms with Crippen molar-refractivity contribution in [2.75, 3.05) is 10.0 Å². The number of aromatic nitrogens is 4. The maximum Gasteiger partial charge on any atom is 0.264 e. The number of hydrogen-bond acceptors (Lipinski definition) is 7. The van der Waals surface area contributed by atoms with Gasteiger partial charge in [0.2, 0.25) is 11.9 Å². The Morgan fingerprint density at radius 2 is 1.81 bits per heavy atom. The lowest BCUT2D eigenvalue weighted by molar-refractivity contribution is 0.601. The zero-order valence-corrected chi connectivity index (χ0v) is 15.3. The third-order valence-corrected chi connectivity index (χ3v) is 4.86. The molecule has 0 aliphatic carbocycles. The van der Waals surface area contributed by atoms with Crippen LogP contribution >= 0.6 is 0 Å². The fourth-order valence-electron chi connectivity index (χ4n) is 2.34. The molecule has 2 aromatic heterocycles. The summed E-state index contributed by atoms with van der Waals surface area (Å²) < 4.78 is 27.0. The maximum absolute atomic E-state index is 12.4. The molecule has 3 aromatic rings. The highest BCUT2D eigenvalue weighted by molar-refractivity contribution is 7.92. The van der Waals surface area contributed by atoms with Crippen LogP contribution in [-0.2, 0) is 16.4 Å². The van der Waals surface area contributed by atoms with E-state index >= 15 is 0 Å². The number of benzene rings is 1. The minimum atomic E-state index is -3.80. The van der Waals surface area contributed by atoms with Crippen LogP contribution in [0.2, 0.25) is 0 Å². The van der Waals surface area contributed by atoms with Crippen LogP contribution in [0.3, 0.4) is 0 Å². The molecule has 10 heteroatoms. The van der Waals surface area contributed by atoms with Gasteiger partial charge >= 0.3 is 0 Å². The number of nitrogens with one attached hydrogen (secondary N) is 3. The summed E-state index contributed by atoms with van der Waals surface area (Å²) in [6, 6.07) is 9.07. The van der Waals surface area contributed by atoms with Crippen LogP contribution in [0.4, 0.5) is 17.6 Å². The van der Waals surface area contributed by atoms with E-state index in [9.17, 15) is 13.2 Å². The van der Waals surface area contributed by atoms with E-state index in [4.69, 9.17) is 0 Å². The van der Waals surface area contributed by atoms with Crippen molar-refractivity contribution in [3.05, 3.63) is 64.8 Å². The lowest BCUT2D eigenvalue weighted by Crippen LogP contribution is -2.15. The average Bonchev–Trinajstić information content (AvgIpc) is 2.62. The molecule has 0 spiro atoms. The Balaban J connectivity index is 1.76. The molecule has 3 N–H and O–H groups in total. The Kier molecular flexibility index (Phi) is 5.46. The van der Waals surface area contributed by atoms with Crippen molar-refractivity contribution >= 4 is 27.6 Å². The molecule has 0 radical (unpaired) electrons. The van der Waals surface area contributed by atoms with Crippen molar-refractivity contribution in [2.24, 2.45) is 0 Å². The minimum Gasteiger partial charge on any atom is -0.326 e. The molecular formula is C17H18N6O3S. The summed E-state index contributed by atoms with van der Waals surface area (Å²) in [7, 11) is -3.80. The molecular weight excluding hydrogens is 368 g/mol. The molecule has 9 nitrogen and oxygen atoms in total. The van der Waals surface area contributed by atoms with Gasteiger partial charge in [-0.2, -0.15) is 0 Å². The van der Waals surface area contributed by atoms with Gasteiger partial charge < -0.3 is 5.32 Å². The molecule has 140 valence electrons. The monoisotopic (exact) mass is 386 g/mol. The molecule has 1 aromatic carbocycles. The summed E-state index contributed by atoms with van der Waals surface area (Å²) in [5, 5.41) is 2.97. The van der Waals surface area contributed by atoms with Gasteiger partial charge in [0.25, 0.3) is 15.6 Å². The topological polar surface area (TPSA) is 130 Å². The van der Waals surface area contributed by atoms with E-state index in [2.05, 4.69) is 30.0 Å². The summed E-state index contributed by atoms with van der Waals surface area (Å²) in [5.74, 6) is 0.298. The molecule has 0 aliphatic rings. The highest BCUT2D eigenvalue weighted by atomic mass is 32.2. The van der Waals surface area contributed by atoms with Crippen LogP contribution in [0.25, 0.3) is 0 Å². The predicted molar refractivity (Wildman–Crippen MR) is 101 cm³/mol. The molecule has 0 unspecified atom stereocenters. The van der Waals surface area contributed by atoms with Crippen molar-refractivity contribution in [3.63, 3.8) is 0 Å². The Morgan fingerprint density at radius 3 is 2.48 bits per heavy atom. The second kappa shape index (κ2) is 7.96. The van der Waals surface area contributed by atoms with Crippen LogP contribution in [0.15, 0.2) is 58.5 Å². The minimum absolute atomic E-state index is 0.00536. The summed E-state index contributed by atoms with van der Waals surface area (Å²) in [4.78, 5) is 26.4. The SMILES string of the molecule is CCCc1cc(=O)[nH]c(Nc2ccc(S(=O)(=O)Nc3ncccn3)cc2)n1. The van der Waals surface area contributed by atoms with Crippen LogP contribution in [0.1, 0.15) is 19.0 Å². The highest BCUT2D eigenvalue weighted by Gasteiger charge is 2.15.